The smallest absolute Gasteiger partial charge is 0.122 e. The van der Waals surface area contributed by atoms with Crippen molar-refractivity contribution in [3.63, 3.8) is 0 Å². The molecule has 1 aromatic rings. The lowest BCUT2D eigenvalue weighted by Gasteiger charge is -2.09. The van der Waals surface area contributed by atoms with Crippen LogP contribution in [-0.2, 0) is 11.2 Å². The molecule has 0 amide bonds. The molecule has 0 aromatic heterocycles. The van der Waals surface area contributed by atoms with E-state index in [0.717, 1.165) is 12.7 Å². The normalized spacial score (nSPS) is 18.9. The number of hydrogen-bond acceptors (Lipinski definition) is 2. The van der Waals surface area contributed by atoms with E-state index in [0.29, 0.717) is 12.5 Å². The number of nitrogens with one attached hydrogen (secondary N) is 1. The van der Waals surface area contributed by atoms with Crippen LogP contribution in [0.15, 0.2) is 12.1 Å². The highest BCUT2D eigenvalue weighted by atomic mass is 16.1. The lowest BCUT2D eigenvalue weighted by atomic mass is 10.0. The Morgan fingerprint density at radius 1 is 1.50 bits per heavy atom. The van der Waals surface area contributed by atoms with Gasteiger partial charge in [-0.05, 0) is 37.0 Å². The van der Waals surface area contributed by atoms with Gasteiger partial charge in [0.1, 0.15) is 6.29 Å². The minimum atomic E-state index is 0.308. The summed E-state index contributed by atoms with van der Waals surface area (Å²) in [5, 5.41) is 3.41. The Morgan fingerprint density at radius 3 is 3.00 bits per heavy atom. The summed E-state index contributed by atoms with van der Waals surface area (Å²) in [5.74, 6) is 0. The van der Waals surface area contributed by atoms with Crippen LogP contribution in [0, 0.1) is 13.8 Å². The zero-order valence-corrected chi connectivity index (χ0v) is 8.63. The maximum atomic E-state index is 10.4. The lowest BCUT2D eigenvalue weighted by molar-refractivity contribution is -0.108. The first-order chi connectivity index (χ1) is 6.72. The Balaban J connectivity index is 2.30. The van der Waals surface area contributed by atoms with Crippen LogP contribution in [0.5, 0.6) is 0 Å². The summed E-state index contributed by atoms with van der Waals surface area (Å²) in [4.78, 5) is 10.4. The quantitative estimate of drug-likeness (QED) is 0.723. The van der Waals surface area contributed by atoms with Gasteiger partial charge in [-0.3, -0.25) is 0 Å². The Bertz CT molecular complexity index is 371. The summed E-state index contributed by atoms with van der Waals surface area (Å²) in [6.45, 7) is 4.24. The van der Waals surface area contributed by atoms with Gasteiger partial charge in [-0.25, -0.2) is 0 Å². The third kappa shape index (κ3) is 1.41. The summed E-state index contributed by atoms with van der Waals surface area (Å²) < 4.78 is 0. The number of carbonyl (C=O) groups is 1. The SMILES string of the molecule is Cc1ccc2c(c1C)NC(CC=O)C2. The van der Waals surface area contributed by atoms with Crippen LogP contribution in [0.25, 0.3) is 0 Å². The van der Waals surface area contributed by atoms with Gasteiger partial charge in [-0.2, -0.15) is 0 Å². The highest BCUT2D eigenvalue weighted by Crippen LogP contribution is 2.31. The van der Waals surface area contributed by atoms with Crippen LogP contribution in [0.2, 0.25) is 0 Å². The van der Waals surface area contributed by atoms with Crippen LogP contribution in [-0.4, -0.2) is 12.3 Å². The van der Waals surface area contributed by atoms with Crippen molar-refractivity contribution in [2.45, 2.75) is 32.7 Å². The zero-order chi connectivity index (χ0) is 10.1. The first-order valence-electron chi connectivity index (χ1n) is 5.01. The number of aldehydes is 1. The van der Waals surface area contributed by atoms with Crippen molar-refractivity contribution in [2.75, 3.05) is 5.32 Å². The number of anilines is 1. The van der Waals surface area contributed by atoms with Crippen molar-refractivity contribution in [2.24, 2.45) is 0 Å². The fourth-order valence-electron chi connectivity index (χ4n) is 2.02. The molecule has 2 heteroatoms. The molecule has 74 valence electrons. The van der Waals surface area contributed by atoms with Gasteiger partial charge in [0.25, 0.3) is 0 Å². The minimum Gasteiger partial charge on any atom is -0.381 e. The number of benzene rings is 1. The minimum absolute atomic E-state index is 0.308. The largest absolute Gasteiger partial charge is 0.381 e. The zero-order valence-electron chi connectivity index (χ0n) is 8.63. The van der Waals surface area contributed by atoms with Crippen molar-refractivity contribution < 1.29 is 4.79 Å². The van der Waals surface area contributed by atoms with Gasteiger partial charge in [0.05, 0.1) is 0 Å². The molecule has 0 saturated heterocycles. The van der Waals surface area contributed by atoms with Crippen molar-refractivity contribution in [3.8, 4) is 0 Å². The monoisotopic (exact) mass is 189 g/mol. The number of carbonyl (C=O) groups excluding carboxylic acids is 1. The maximum Gasteiger partial charge on any atom is 0.122 e. The summed E-state index contributed by atoms with van der Waals surface area (Å²) in [5.41, 5.74) is 5.22. The van der Waals surface area contributed by atoms with Gasteiger partial charge >= 0.3 is 0 Å². The molecule has 1 aliphatic rings. The van der Waals surface area contributed by atoms with E-state index in [-0.39, 0.29) is 0 Å². The number of fused-ring (bicyclic) bond motifs is 1. The second-order valence-corrected chi connectivity index (χ2v) is 3.99. The average molecular weight is 189 g/mol. The molecule has 0 spiro atoms. The molecule has 1 atom stereocenters. The standard InChI is InChI=1S/C12H15NO/c1-8-3-4-10-7-11(5-6-14)13-12(10)9(8)2/h3-4,6,11,13H,5,7H2,1-2H3. The van der Waals surface area contributed by atoms with E-state index in [1.165, 1.54) is 22.4 Å². The van der Waals surface area contributed by atoms with E-state index in [4.69, 9.17) is 0 Å². The van der Waals surface area contributed by atoms with Crippen molar-refractivity contribution >= 4 is 12.0 Å². The number of hydrogen-bond donors (Lipinski definition) is 1. The third-order valence-electron chi connectivity index (χ3n) is 3.02. The molecule has 14 heavy (non-hydrogen) atoms. The molecule has 2 rings (SSSR count). The topological polar surface area (TPSA) is 29.1 Å². The molecule has 1 unspecified atom stereocenters. The molecule has 0 aliphatic carbocycles. The highest BCUT2D eigenvalue weighted by molar-refractivity contribution is 5.65. The first kappa shape index (κ1) is 9.25. The summed E-state index contributed by atoms with van der Waals surface area (Å²) in [7, 11) is 0. The van der Waals surface area contributed by atoms with E-state index >= 15 is 0 Å². The molecule has 1 N–H and O–H groups in total. The molecule has 1 aromatic carbocycles. The van der Waals surface area contributed by atoms with E-state index in [1.807, 2.05) is 0 Å². The van der Waals surface area contributed by atoms with E-state index < -0.39 is 0 Å². The second-order valence-electron chi connectivity index (χ2n) is 3.99. The van der Waals surface area contributed by atoms with Gasteiger partial charge in [-0.1, -0.05) is 12.1 Å². The molecule has 0 radical (unpaired) electrons. The van der Waals surface area contributed by atoms with Crippen LogP contribution in [0.3, 0.4) is 0 Å². The molecule has 0 bridgehead atoms. The van der Waals surface area contributed by atoms with E-state index in [9.17, 15) is 4.79 Å². The Labute approximate surface area is 84.3 Å². The molecule has 1 aliphatic heterocycles. The van der Waals surface area contributed by atoms with Crippen LogP contribution >= 0.6 is 0 Å². The van der Waals surface area contributed by atoms with Crippen LogP contribution in [0.4, 0.5) is 5.69 Å². The van der Waals surface area contributed by atoms with Crippen LogP contribution < -0.4 is 5.32 Å². The van der Waals surface area contributed by atoms with Crippen molar-refractivity contribution in [1.82, 2.24) is 0 Å². The first-order valence-corrected chi connectivity index (χ1v) is 5.01. The fraction of sp³-hybridized carbons (Fsp3) is 0.417. The molecular weight excluding hydrogens is 174 g/mol. The predicted octanol–water partition coefficient (Wildman–Crippen LogP) is 2.23. The van der Waals surface area contributed by atoms with Crippen molar-refractivity contribution in [3.05, 3.63) is 28.8 Å². The molecular formula is C12H15NO. The summed E-state index contributed by atoms with van der Waals surface area (Å²) in [6.07, 6.45) is 2.58. The van der Waals surface area contributed by atoms with Gasteiger partial charge in [0.2, 0.25) is 0 Å². The fourth-order valence-corrected chi connectivity index (χ4v) is 2.02. The maximum absolute atomic E-state index is 10.4. The van der Waals surface area contributed by atoms with E-state index in [2.05, 4.69) is 31.3 Å². The molecule has 0 fully saturated rings. The highest BCUT2D eigenvalue weighted by Gasteiger charge is 2.21. The Kier molecular flexibility index (Phi) is 2.28. The van der Waals surface area contributed by atoms with Crippen LogP contribution in [0.1, 0.15) is 23.1 Å². The number of aryl methyl sites for hydroxylation is 1. The summed E-state index contributed by atoms with van der Waals surface area (Å²) >= 11 is 0. The van der Waals surface area contributed by atoms with Gasteiger partial charge in [0, 0.05) is 18.2 Å². The summed E-state index contributed by atoms with van der Waals surface area (Å²) in [6, 6.07) is 4.62. The molecule has 0 saturated carbocycles. The predicted molar refractivity (Wildman–Crippen MR) is 57.7 cm³/mol. The van der Waals surface area contributed by atoms with E-state index in [1.54, 1.807) is 0 Å². The molecule has 1 heterocycles. The van der Waals surface area contributed by atoms with Gasteiger partial charge < -0.3 is 10.1 Å². The molecule has 2 nitrogen and oxygen atoms in total. The van der Waals surface area contributed by atoms with Gasteiger partial charge in [0.15, 0.2) is 0 Å². The average Bonchev–Trinajstić information content (AvgIpc) is 2.56. The lowest BCUT2D eigenvalue weighted by Crippen LogP contribution is -2.15. The third-order valence-corrected chi connectivity index (χ3v) is 3.02. The van der Waals surface area contributed by atoms with Gasteiger partial charge in [-0.15, -0.1) is 0 Å². The number of rotatable bonds is 2. The van der Waals surface area contributed by atoms with Crippen molar-refractivity contribution in [1.29, 1.82) is 0 Å². The Hall–Kier alpha value is -1.31. The second kappa shape index (κ2) is 3.45. The Morgan fingerprint density at radius 2 is 2.29 bits per heavy atom.